The summed E-state index contributed by atoms with van der Waals surface area (Å²) in [5.41, 5.74) is 1.99. The number of aryl methyl sites for hydroxylation is 1. The maximum atomic E-state index is 13.5. The van der Waals surface area contributed by atoms with Gasteiger partial charge in [0.25, 0.3) is 0 Å². The third kappa shape index (κ3) is 7.85. The molecule has 0 aromatic heterocycles. The number of nitrogens with zero attached hydrogens (tertiary/aromatic N) is 2. The highest BCUT2D eigenvalue weighted by Crippen LogP contribution is 2.23. The molecule has 1 N–H and O–H groups in total. The van der Waals surface area contributed by atoms with Crippen LogP contribution in [0.3, 0.4) is 0 Å². The van der Waals surface area contributed by atoms with Gasteiger partial charge < -0.3 is 10.2 Å². The lowest BCUT2D eigenvalue weighted by molar-refractivity contribution is -0.139. The SMILES string of the molecule is Cc1ccccc1N(CC(=O)N(Cc1cccc(Br)c1)[C@@H](C)C(=O)NCC(C)C)S(C)(=O)=O. The molecule has 2 rings (SSSR count). The maximum Gasteiger partial charge on any atom is 0.244 e. The van der Waals surface area contributed by atoms with Crippen LogP contribution in [0.4, 0.5) is 5.69 Å². The molecule has 0 spiro atoms. The second-order valence-electron chi connectivity index (χ2n) is 8.52. The lowest BCUT2D eigenvalue weighted by Crippen LogP contribution is -2.51. The third-order valence-corrected chi connectivity index (χ3v) is 6.78. The van der Waals surface area contributed by atoms with Gasteiger partial charge in [0.05, 0.1) is 11.9 Å². The molecule has 0 aliphatic carbocycles. The van der Waals surface area contributed by atoms with E-state index < -0.39 is 28.5 Å². The fourth-order valence-corrected chi connectivity index (χ4v) is 4.66. The zero-order valence-electron chi connectivity index (χ0n) is 19.7. The summed E-state index contributed by atoms with van der Waals surface area (Å²) in [6.07, 6.45) is 1.07. The van der Waals surface area contributed by atoms with Crippen molar-refractivity contribution >= 4 is 43.5 Å². The van der Waals surface area contributed by atoms with Crippen LogP contribution in [0.1, 0.15) is 31.9 Å². The molecule has 7 nitrogen and oxygen atoms in total. The molecule has 180 valence electrons. The Morgan fingerprint density at radius 3 is 2.30 bits per heavy atom. The van der Waals surface area contributed by atoms with Crippen molar-refractivity contribution < 1.29 is 18.0 Å². The molecule has 0 radical (unpaired) electrons. The molecule has 0 heterocycles. The van der Waals surface area contributed by atoms with E-state index in [9.17, 15) is 18.0 Å². The smallest absolute Gasteiger partial charge is 0.244 e. The molecule has 2 aromatic carbocycles. The Morgan fingerprint density at radius 1 is 1.06 bits per heavy atom. The number of sulfonamides is 1. The average molecular weight is 539 g/mol. The van der Waals surface area contributed by atoms with Gasteiger partial charge in [-0.2, -0.15) is 0 Å². The quantitative estimate of drug-likeness (QED) is 0.500. The Hall–Kier alpha value is -2.39. The van der Waals surface area contributed by atoms with Crippen LogP contribution in [0.25, 0.3) is 0 Å². The van der Waals surface area contributed by atoms with Gasteiger partial charge >= 0.3 is 0 Å². The van der Waals surface area contributed by atoms with E-state index in [0.717, 1.165) is 26.2 Å². The van der Waals surface area contributed by atoms with E-state index in [4.69, 9.17) is 0 Å². The zero-order chi connectivity index (χ0) is 24.8. The molecule has 0 aliphatic rings. The average Bonchev–Trinajstić information content (AvgIpc) is 2.73. The second-order valence-corrected chi connectivity index (χ2v) is 11.3. The van der Waals surface area contributed by atoms with Crippen LogP contribution in [0.15, 0.2) is 53.0 Å². The number of hydrogen-bond acceptors (Lipinski definition) is 4. The van der Waals surface area contributed by atoms with Crippen molar-refractivity contribution in [2.24, 2.45) is 5.92 Å². The third-order valence-electron chi connectivity index (χ3n) is 5.16. The highest BCUT2D eigenvalue weighted by Gasteiger charge is 2.30. The Bertz CT molecular complexity index is 1090. The summed E-state index contributed by atoms with van der Waals surface area (Å²) >= 11 is 3.43. The Labute approximate surface area is 205 Å². The highest BCUT2D eigenvalue weighted by molar-refractivity contribution is 9.10. The summed E-state index contributed by atoms with van der Waals surface area (Å²) in [6, 6.07) is 13.7. The van der Waals surface area contributed by atoms with Gasteiger partial charge in [0.1, 0.15) is 12.6 Å². The standard InChI is InChI=1S/C24H32BrN3O4S/c1-17(2)14-26-24(30)19(4)27(15-20-10-8-11-21(25)13-20)23(29)16-28(33(5,31)32)22-12-7-6-9-18(22)3/h6-13,17,19H,14-16H2,1-5H3,(H,26,30)/t19-/m0/s1. The first-order valence-electron chi connectivity index (χ1n) is 10.7. The number of hydrogen-bond donors (Lipinski definition) is 1. The van der Waals surface area contributed by atoms with E-state index in [0.29, 0.717) is 12.2 Å². The summed E-state index contributed by atoms with van der Waals surface area (Å²) < 4.78 is 27.1. The van der Waals surface area contributed by atoms with E-state index in [1.165, 1.54) is 4.90 Å². The summed E-state index contributed by atoms with van der Waals surface area (Å²) in [7, 11) is -3.74. The van der Waals surface area contributed by atoms with Crippen LogP contribution < -0.4 is 9.62 Å². The van der Waals surface area contributed by atoms with Crippen LogP contribution in [-0.2, 0) is 26.2 Å². The number of halogens is 1. The molecule has 2 amide bonds. The minimum atomic E-state index is -3.74. The maximum absolute atomic E-state index is 13.5. The van der Waals surface area contributed by atoms with E-state index in [1.807, 2.05) is 44.2 Å². The topological polar surface area (TPSA) is 86.8 Å². The molecule has 2 aromatic rings. The summed E-state index contributed by atoms with van der Waals surface area (Å²) in [6.45, 7) is 7.67. The van der Waals surface area contributed by atoms with Crippen molar-refractivity contribution in [3.05, 3.63) is 64.1 Å². The van der Waals surface area contributed by atoms with Crippen molar-refractivity contribution in [3.8, 4) is 0 Å². The van der Waals surface area contributed by atoms with Crippen molar-refractivity contribution in [1.29, 1.82) is 0 Å². The largest absolute Gasteiger partial charge is 0.354 e. The highest BCUT2D eigenvalue weighted by atomic mass is 79.9. The molecule has 0 unspecified atom stereocenters. The minimum Gasteiger partial charge on any atom is -0.354 e. The Kier molecular flexibility index (Phi) is 9.48. The van der Waals surface area contributed by atoms with E-state index >= 15 is 0 Å². The number of nitrogens with one attached hydrogen (secondary N) is 1. The van der Waals surface area contributed by atoms with Crippen molar-refractivity contribution in [2.75, 3.05) is 23.7 Å². The summed E-state index contributed by atoms with van der Waals surface area (Å²) in [5, 5.41) is 2.86. The fraction of sp³-hybridized carbons (Fsp3) is 0.417. The molecule has 0 saturated heterocycles. The zero-order valence-corrected chi connectivity index (χ0v) is 22.1. The predicted molar refractivity (Wildman–Crippen MR) is 135 cm³/mol. The van der Waals surface area contributed by atoms with Gasteiger partial charge in [-0.1, -0.05) is 60.1 Å². The molecule has 33 heavy (non-hydrogen) atoms. The molecule has 0 saturated carbocycles. The number of carbonyl (C=O) groups is 2. The normalized spacial score (nSPS) is 12.3. The van der Waals surface area contributed by atoms with Gasteiger partial charge in [-0.25, -0.2) is 8.42 Å². The first-order chi connectivity index (χ1) is 15.4. The van der Waals surface area contributed by atoms with E-state index in [-0.39, 0.29) is 18.4 Å². The van der Waals surface area contributed by atoms with Crippen LogP contribution in [0, 0.1) is 12.8 Å². The molecule has 9 heteroatoms. The van der Waals surface area contributed by atoms with Gasteiger partial charge in [0, 0.05) is 17.6 Å². The minimum absolute atomic E-state index is 0.167. The Morgan fingerprint density at radius 2 is 1.73 bits per heavy atom. The second kappa shape index (κ2) is 11.7. The summed E-state index contributed by atoms with van der Waals surface area (Å²) in [4.78, 5) is 27.7. The van der Waals surface area contributed by atoms with Crippen molar-refractivity contribution in [3.63, 3.8) is 0 Å². The fourth-order valence-electron chi connectivity index (χ4n) is 3.31. The lowest BCUT2D eigenvalue weighted by Gasteiger charge is -2.32. The van der Waals surface area contributed by atoms with Gasteiger partial charge in [-0.05, 0) is 49.1 Å². The first kappa shape index (κ1) is 26.9. The Balaban J connectivity index is 2.38. The molecule has 0 bridgehead atoms. The number of carbonyl (C=O) groups excluding carboxylic acids is 2. The van der Waals surface area contributed by atoms with Crippen molar-refractivity contribution in [1.82, 2.24) is 10.2 Å². The molecule has 0 fully saturated rings. The van der Waals surface area contributed by atoms with Crippen LogP contribution in [0.5, 0.6) is 0 Å². The number of amides is 2. The predicted octanol–water partition coefficient (Wildman–Crippen LogP) is 3.71. The van der Waals surface area contributed by atoms with Crippen molar-refractivity contribution in [2.45, 2.75) is 40.3 Å². The molecule has 1 atom stereocenters. The van der Waals surface area contributed by atoms with Gasteiger partial charge in [0.2, 0.25) is 21.8 Å². The summed E-state index contributed by atoms with van der Waals surface area (Å²) in [5.74, 6) is -0.484. The van der Waals surface area contributed by atoms with Crippen LogP contribution >= 0.6 is 15.9 Å². The number of benzene rings is 2. The molecule has 0 aliphatic heterocycles. The number of anilines is 1. The number of para-hydroxylation sites is 1. The first-order valence-corrected chi connectivity index (χ1v) is 13.4. The van der Waals surface area contributed by atoms with Gasteiger partial charge in [0.15, 0.2) is 0 Å². The van der Waals surface area contributed by atoms with Gasteiger partial charge in [-0.15, -0.1) is 0 Å². The number of rotatable bonds is 10. The van der Waals surface area contributed by atoms with E-state index in [2.05, 4.69) is 21.2 Å². The molecular weight excluding hydrogens is 506 g/mol. The molecular formula is C24H32BrN3O4S. The monoisotopic (exact) mass is 537 g/mol. The van der Waals surface area contributed by atoms with Crippen LogP contribution in [-0.4, -0.2) is 50.5 Å². The van der Waals surface area contributed by atoms with Gasteiger partial charge in [-0.3, -0.25) is 13.9 Å². The lowest BCUT2D eigenvalue weighted by atomic mass is 10.1. The van der Waals surface area contributed by atoms with E-state index in [1.54, 1.807) is 32.0 Å². The van der Waals surface area contributed by atoms with Crippen LogP contribution in [0.2, 0.25) is 0 Å².